The van der Waals surface area contributed by atoms with E-state index in [1.165, 1.54) is 0 Å². The second-order valence-electron chi connectivity index (χ2n) is 6.44. The third-order valence-corrected chi connectivity index (χ3v) is 4.26. The second kappa shape index (κ2) is 4.99. The molecule has 1 fully saturated rings. The monoisotopic (exact) mass is 252 g/mol. The average Bonchev–Trinajstić information content (AvgIpc) is 2.77. The second-order valence-corrected chi connectivity index (χ2v) is 6.44. The van der Waals surface area contributed by atoms with Gasteiger partial charge in [0, 0.05) is 5.56 Å². The number of benzene rings is 1. The summed E-state index contributed by atoms with van der Waals surface area (Å²) in [7, 11) is 0. The van der Waals surface area contributed by atoms with Crippen molar-refractivity contribution in [2.24, 2.45) is 11.3 Å². The van der Waals surface area contributed by atoms with Crippen molar-refractivity contribution in [3.63, 3.8) is 0 Å². The topological polar surface area (TPSA) is 0 Å². The number of halogens is 2. The molecule has 0 spiro atoms. The van der Waals surface area contributed by atoms with Gasteiger partial charge in [0.15, 0.2) is 0 Å². The summed E-state index contributed by atoms with van der Waals surface area (Å²) in [4.78, 5) is 0. The fourth-order valence-electron chi connectivity index (χ4n) is 3.42. The standard InChI is InChI=1S/C16H22F2/c1-16(2,3)14-10-6-9-12(14)11-7-4-5-8-13(11)15(17)18/h4-5,7-8,12,14-15H,6,9-10H2,1-3H3. The van der Waals surface area contributed by atoms with Crippen molar-refractivity contribution in [1.82, 2.24) is 0 Å². The fourth-order valence-corrected chi connectivity index (χ4v) is 3.42. The highest BCUT2D eigenvalue weighted by Gasteiger charge is 2.38. The third-order valence-electron chi connectivity index (χ3n) is 4.26. The van der Waals surface area contributed by atoms with Crippen LogP contribution in [0.2, 0.25) is 0 Å². The first-order valence-corrected chi connectivity index (χ1v) is 6.78. The van der Waals surface area contributed by atoms with Gasteiger partial charge in [0.2, 0.25) is 0 Å². The molecule has 1 aromatic rings. The van der Waals surface area contributed by atoms with Gasteiger partial charge >= 0.3 is 0 Å². The van der Waals surface area contributed by atoms with Crippen LogP contribution in [-0.4, -0.2) is 0 Å². The zero-order chi connectivity index (χ0) is 13.3. The van der Waals surface area contributed by atoms with Crippen molar-refractivity contribution in [3.8, 4) is 0 Å². The van der Waals surface area contributed by atoms with Crippen molar-refractivity contribution >= 4 is 0 Å². The van der Waals surface area contributed by atoms with Crippen molar-refractivity contribution < 1.29 is 8.78 Å². The van der Waals surface area contributed by atoms with Crippen LogP contribution in [0.4, 0.5) is 8.78 Å². The van der Waals surface area contributed by atoms with Gasteiger partial charge in [0.05, 0.1) is 0 Å². The largest absolute Gasteiger partial charge is 0.264 e. The summed E-state index contributed by atoms with van der Waals surface area (Å²) in [6.45, 7) is 6.67. The molecule has 2 atom stereocenters. The SMILES string of the molecule is CC(C)(C)C1CCCC1c1ccccc1C(F)F. The van der Waals surface area contributed by atoms with E-state index in [4.69, 9.17) is 0 Å². The molecular weight excluding hydrogens is 230 g/mol. The van der Waals surface area contributed by atoms with Gasteiger partial charge in [-0.25, -0.2) is 8.78 Å². The molecule has 2 unspecified atom stereocenters. The van der Waals surface area contributed by atoms with E-state index in [1.807, 2.05) is 12.1 Å². The van der Waals surface area contributed by atoms with E-state index in [9.17, 15) is 8.78 Å². The quantitative estimate of drug-likeness (QED) is 0.647. The minimum absolute atomic E-state index is 0.191. The number of hydrogen-bond acceptors (Lipinski definition) is 0. The maximum absolute atomic E-state index is 13.1. The minimum Gasteiger partial charge on any atom is -0.205 e. The van der Waals surface area contributed by atoms with Gasteiger partial charge in [0.1, 0.15) is 0 Å². The Bertz CT molecular complexity index is 404. The summed E-state index contributed by atoms with van der Waals surface area (Å²) in [6.07, 6.45) is 1.00. The Hall–Kier alpha value is -0.920. The Morgan fingerprint density at radius 2 is 1.78 bits per heavy atom. The predicted molar refractivity (Wildman–Crippen MR) is 70.9 cm³/mol. The van der Waals surface area contributed by atoms with E-state index in [0.717, 1.165) is 24.8 Å². The Kier molecular flexibility index (Phi) is 3.74. The molecule has 0 aromatic heterocycles. The lowest BCUT2D eigenvalue weighted by atomic mass is 9.72. The molecular formula is C16H22F2. The smallest absolute Gasteiger partial charge is 0.205 e. The van der Waals surface area contributed by atoms with Crippen LogP contribution in [0, 0.1) is 11.3 Å². The molecule has 18 heavy (non-hydrogen) atoms. The van der Waals surface area contributed by atoms with Gasteiger partial charge in [-0.15, -0.1) is 0 Å². The molecule has 2 heteroatoms. The Morgan fingerprint density at radius 1 is 1.11 bits per heavy atom. The Morgan fingerprint density at radius 3 is 2.39 bits per heavy atom. The molecule has 1 aliphatic carbocycles. The van der Waals surface area contributed by atoms with Crippen LogP contribution in [0.1, 0.15) is 63.5 Å². The predicted octanol–water partition coefficient (Wildman–Crippen LogP) is 5.55. The van der Waals surface area contributed by atoms with Gasteiger partial charge in [-0.3, -0.25) is 0 Å². The van der Waals surface area contributed by atoms with E-state index >= 15 is 0 Å². The van der Waals surface area contributed by atoms with Crippen molar-refractivity contribution in [1.29, 1.82) is 0 Å². The minimum atomic E-state index is -2.36. The highest BCUT2D eigenvalue weighted by atomic mass is 19.3. The van der Waals surface area contributed by atoms with Crippen molar-refractivity contribution in [2.75, 3.05) is 0 Å². The molecule has 0 heterocycles. The zero-order valence-electron chi connectivity index (χ0n) is 11.4. The first kappa shape index (κ1) is 13.5. The van der Waals surface area contributed by atoms with E-state index < -0.39 is 6.43 Å². The molecule has 0 saturated heterocycles. The van der Waals surface area contributed by atoms with Crippen molar-refractivity contribution in [3.05, 3.63) is 35.4 Å². The van der Waals surface area contributed by atoms with E-state index in [2.05, 4.69) is 20.8 Å². The van der Waals surface area contributed by atoms with Crippen LogP contribution in [0.25, 0.3) is 0 Å². The van der Waals surface area contributed by atoms with Gasteiger partial charge in [0.25, 0.3) is 6.43 Å². The molecule has 0 nitrogen and oxygen atoms in total. The van der Waals surface area contributed by atoms with Gasteiger partial charge in [-0.05, 0) is 35.7 Å². The maximum atomic E-state index is 13.1. The zero-order valence-corrected chi connectivity index (χ0v) is 11.4. The average molecular weight is 252 g/mol. The molecule has 0 radical (unpaired) electrons. The molecule has 1 aliphatic rings. The summed E-state index contributed by atoms with van der Waals surface area (Å²) >= 11 is 0. The molecule has 100 valence electrons. The molecule has 0 N–H and O–H groups in total. The Labute approximate surface area is 108 Å². The lowest BCUT2D eigenvalue weighted by Crippen LogP contribution is -2.23. The number of hydrogen-bond donors (Lipinski definition) is 0. The summed E-state index contributed by atoms with van der Waals surface area (Å²) < 4.78 is 26.2. The number of alkyl halides is 2. The van der Waals surface area contributed by atoms with Crippen LogP contribution >= 0.6 is 0 Å². The van der Waals surface area contributed by atoms with Crippen LogP contribution < -0.4 is 0 Å². The van der Waals surface area contributed by atoms with Crippen LogP contribution in [0.5, 0.6) is 0 Å². The molecule has 1 saturated carbocycles. The summed E-state index contributed by atoms with van der Waals surface area (Å²) in [5.74, 6) is 0.813. The first-order valence-electron chi connectivity index (χ1n) is 6.78. The fraction of sp³-hybridized carbons (Fsp3) is 0.625. The summed E-state index contributed by atoms with van der Waals surface area (Å²) in [5.41, 5.74) is 1.31. The van der Waals surface area contributed by atoms with E-state index in [1.54, 1.807) is 12.1 Å². The van der Waals surface area contributed by atoms with Gasteiger partial charge in [-0.2, -0.15) is 0 Å². The van der Waals surface area contributed by atoms with Gasteiger partial charge < -0.3 is 0 Å². The molecule has 0 amide bonds. The van der Waals surface area contributed by atoms with Crippen LogP contribution in [0.15, 0.2) is 24.3 Å². The van der Waals surface area contributed by atoms with E-state index in [0.29, 0.717) is 11.8 Å². The summed E-state index contributed by atoms with van der Waals surface area (Å²) in [5, 5.41) is 0. The molecule has 0 bridgehead atoms. The Balaban J connectivity index is 2.36. The third kappa shape index (κ3) is 2.57. The molecule has 0 aliphatic heterocycles. The van der Waals surface area contributed by atoms with Crippen molar-refractivity contribution in [2.45, 2.75) is 52.4 Å². The van der Waals surface area contributed by atoms with Crippen LogP contribution in [-0.2, 0) is 0 Å². The summed E-state index contributed by atoms with van der Waals surface area (Å²) in [6, 6.07) is 7.08. The first-order chi connectivity index (χ1) is 8.41. The lowest BCUT2D eigenvalue weighted by molar-refractivity contribution is 0.147. The highest BCUT2D eigenvalue weighted by Crippen LogP contribution is 2.50. The lowest BCUT2D eigenvalue weighted by Gasteiger charge is -2.33. The molecule has 1 aromatic carbocycles. The van der Waals surface area contributed by atoms with Crippen LogP contribution in [0.3, 0.4) is 0 Å². The van der Waals surface area contributed by atoms with Gasteiger partial charge in [-0.1, -0.05) is 51.5 Å². The molecule has 2 rings (SSSR count). The van der Waals surface area contributed by atoms with E-state index in [-0.39, 0.29) is 11.0 Å². The normalized spacial score (nSPS) is 24.8. The maximum Gasteiger partial charge on any atom is 0.264 e. The highest BCUT2D eigenvalue weighted by molar-refractivity contribution is 5.33. The number of rotatable bonds is 2.